The van der Waals surface area contributed by atoms with E-state index in [9.17, 15) is 9.59 Å². The van der Waals surface area contributed by atoms with Crippen LogP contribution in [0, 0.1) is 5.92 Å². The third kappa shape index (κ3) is 1.46. The molecule has 0 radical (unpaired) electrons. The van der Waals surface area contributed by atoms with Crippen molar-refractivity contribution in [3.8, 4) is 5.75 Å². The highest BCUT2D eigenvalue weighted by molar-refractivity contribution is 5.85. The van der Waals surface area contributed by atoms with Crippen molar-refractivity contribution < 1.29 is 14.3 Å². The van der Waals surface area contributed by atoms with Crippen LogP contribution in [-0.2, 0) is 4.79 Å². The summed E-state index contributed by atoms with van der Waals surface area (Å²) in [6, 6.07) is 6.85. The number of carbonyl (C=O) groups is 2. The van der Waals surface area contributed by atoms with Crippen molar-refractivity contribution >= 4 is 11.8 Å². The molecule has 3 rings (SSSR count). The van der Waals surface area contributed by atoms with Crippen LogP contribution >= 0.6 is 0 Å². The number of hydrogen-bond donors (Lipinski definition) is 2. The molecule has 5 heteroatoms. The maximum Gasteiger partial charge on any atom is 0.318 e. The van der Waals surface area contributed by atoms with E-state index in [1.165, 1.54) is 6.92 Å². The zero-order valence-electron chi connectivity index (χ0n) is 9.27. The molecule has 5 nitrogen and oxygen atoms in total. The lowest BCUT2D eigenvalue weighted by Crippen LogP contribution is -2.62. The summed E-state index contributed by atoms with van der Waals surface area (Å²) >= 11 is 0. The minimum Gasteiger partial charge on any atom is -0.469 e. The number of Topliss-reactive ketones (excluding diaryl/α,β-unsaturated/α-hetero) is 1. The van der Waals surface area contributed by atoms with Crippen molar-refractivity contribution in [3.05, 3.63) is 29.8 Å². The van der Waals surface area contributed by atoms with Crippen molar-refractivity contribution in [2.45, 2.75) is 19.2 Å². The summed E-state index contributed by atoms with van der Waals surface area (Å²) in [4.78, 5) is 23.1. The minimum atomic E-state index is -0.568. The Balaban J connectivity index is 2.10. The van der Waals surface area contributed by atoms with Crippen LogP contribution in [0.2, 0.25) is 0 Å². The molecular weight excluding hydrogens is 220 g/mol. The van der Waals surface area contributed by atoms with Gasteiger partial charge >= 0.3 is 6.03 Å². The molecular formula is C12H12N2O3. The lowest BCUT2D eigenvalue weighted by molar-refractivity contribution is -0.127. The van der Waals surface area contributed by atoms with Gasteiger partial charge in [0.2, 0.25) is 0 Å². The zero-order chi connectivity index (χ0) is 12.0. The number of amides is 2. The Bertz CT molecular complexity index is 500. The maximum absolute atomic E-state index is 11.7. The fourth-order valence-electron chi connectivity index (χ4n) is 2.47. The van der Waals surface area contributed by atoms with Crippen LogP contribution in [0.4, 0.5) is 4.79 Å². The molecule has 2 amide bonds. The van der Waals surface area contributed by atoms with Crippen LogP contribution in [0.15, 0.2) is 24.3 Å². The quantitative estimate of drug-likeness (QED) is 0.758. The molecule has 1 aromatic carbocycles. The zero-order valence-corrected chi connectivity index (χ0v) is 9.27. The average Bonchev–Trinajstić information content (AvgIpc) is 2.27. The van der Waals surface area contributed by atoms with Gasteiger partial charge in [0.05, 0.1) is 12.0 Å². The molecule has 1 saturated heterocycles. The second-order valence-corrected chi connectivity index (χ2v) is 4.31. The molecule has 0 aromatic heterocycles. The van der Waals surface area contributed by atoms with Gasteiger partial charge in [-0.1, -0.05) is 18.2 Å². The Kier molecular flexibility index (Phi) is 2.07. The Hall–Kier alpha value is -2.04. The fraction of sp³-hybridized carbons (Fsp3) is 0.333. The Morgan fingerprint density at radius 2 is 2.06 bits per heavy atom. The average molecular weight is 232 g/mol. The smallest absolute Gasteiger partial charge is 0.318 e. The fourth-order valence-corrected chi connectivity index (χ4v) is 2.47. The molecule has 1 fully saturated rings. The van der Waals surface area contributed by atoms with Gasteiger partial charge in [0.15, 0.2) is 6.23 Å². The molecule has 1 aromatic rings. The van der Waals surface area contributed by atoms with Crippen molar-refractivity contribution in [1.82, 2.24) is 10.6 Å². The summed E-state index contributed by atoms with van der Waals surface area (Å²) < 4.78 is 5.65. The number of fused-ring (bicyclic) bond motifs is 4. The third-order valence-electron chi connectivity index (χ3n) is 3.22. The first-order valence-corrected chi connectivity index (χ1v) is 5.50. The lowest BCUT2D eigenvalue weighted by atomic mass is 9.84. The molecule has 2 bridgehead atoms. The van der Waals surface area contributed by atoms with E-state index < -0.39 is 6.23 Å². The largest absolute Gasteiger partial charge is 0.469 e. The number of nitrogens with one attached hydrogen (secondary N) is 2. The second kappa shape index (κ2) is 3.48. The van der Waals surface area contributed by atoms with Gasteiger partial charge in [0, 0.05) is 5.56 Å². The molecule has 2 aliphatic heterocycles. The summed E-state index contributed by atoms with van der Waals surface area (Å²) in [7, 11) is 0. The summed E-state index contributed by atoms with van der Waals surface area (Å²) in [5.41, 5.74) is 0.860. The molecule has 0 aliphatic carbocycles. The molecule has 2 N–H and O–H groups in total. The molecule has 2 aliphatic rings. The number of para-hydroxylation sites is 1. The van der Waals surface area contributed by atoms with E-state index in [0.29, 0.717) is 5.75 Å². The summed E-state index contributed by atoms with van der Waals surface area (Å²) in [5, 5.41) is 5.41. The van der Waals surface area contributed by atoms with Gasteiger partial charge in [-0.15, -0.1) is 0 Å². The van der Waals surface area contributed by atoms with Crippen LogP contribution in [-0.4, -0.2) is 18.0 Å². The van der Waals surface area contributed by atoms with Gasteiger partial charge in [-0.2, -0.15) is 0 Å². The first-order chi connectivity index (χ1) is 8.16. The number of urea groups is 1. The van der Waals surface area contributed by atoms with Crippen molar-refractivity contribution in [2.75, 3.05) is 0 Å². The first kappa shape index (κ1) is 10.1. The highest BCUT2D eigenvalue weighted by Crippen LogP contribution is 2.39. The van der Waals surface area contributed by atoms with Gasteiger partial charge in [-0.05, 0) is 13.0 Å². The van der Waals surface area contributed by atoms with Gasteiger partial charge in [0.1, 0.15) is 11.5 Å². The van der Waals surface area contributed by atoms with Crippen molar-refractivity contribution in [1.29, 1.82) is 0 Å². The van der Waals surface area contributed by atoms with E-state index in [1.807, 2.05) is 24.3 Å². The molecule has 17 heavy (non-hydrogen) atoms. The van der Waals surface area contributed by atoms with E-state index in [-0.39, 0.29) is 23.8 Å². The van der Waals surface area contributed by atoms with Gasteiger partial charge in [0.25, 0.3) is 0 Å². The molecule has 0 unspecified atom stereocenters. The highest BCUT2D eigenvalue weighted by Gasteiger charge is 2.46. The van der Waals surface area contributed by atoms with Gasteiger partial charge < -0.3 is 15.4 Å². The monoisotopic (exact) mass is 232 g/mol. The summed E-state index contributed by atoms with van der Waals surface area (Å²) in [6.07, 6.45) is -0.568. The van der Waals surface area contributed by atoms with E-state index in [1.54, 1.807) is 0 Å². The summed E-state index contributed by atoms with van der Waals surface area (Å²) in [5.74, 6) is 0.345. The molecule has 0 saturated carbocycles. The number of benzene rings is 1. The number of hydrogen-bond acceptors (Lipinski definition) is 3. The number of rotatable bonds is 1. The Labute approximate surface area is 98.1 Å². The minimum absolute atomic E-state index is 0.00185. The van der Waals surface area contributed by atoms with Crippen LogP contribution in [0.1, 0.15) is 18.5 Å². The molecule has 3 atom stereocenters. The standard InChI is InChI=1S/C12H12N2O3/c1-6(15)9-10-7-4-2-3-5-8(7)17-11(9)14-12(16)13-10/h2-5,9-11H,1H3,(H2,13,14,16)/t9-,10+,11+/m1/s1. The van der Waals surface area contributed by atoms with E-state index >= 15 is 0 Å². The predicted molar refractivity (Wildman–Crippen MR) is 59.4 cm³/mol. The SMILES string of the molecule is CC(=O)[C@H]1[C@H]2NC(=O)N[C@H]1c1ccccc1O2. The lowest BCUT2D eigenvalue weighted by Gasteiger charge is -2.42. The third-order valence-corrected chi connectivity index (χ3v) is 3.22. The van der Waals surface area contributed by atoms with Crippen molar-refractivity contribution in [3.63, 3.8) is 0 Å². The number of carbonyl (C=O) groups excluding carboxylic acids is 2. The molecule has 88 valence electrons. The molecule has 2 heterocycles. The summed E-state index contributed by atoms with van der Waals surface area (Å²) in [6.45, 7) is 1.51. The van der Waals surface area contributed by atoms with E-state index in [0.717, 1.165) is 5.56 Å². The van der Waals surface area contributed by atoms with Crippen LogP contribution < -0.4 is 15.4 Å². The van der Waals surface area contributed by atoms with Crippen LogP contribution in [0.3, 0.4) is 0 Å². The second-order valence-electron chi connectivity index (χ2n) is 4.31. The van der Waals surface area contributed by atoms with E-state index in [2.05, 4.69) is 10.6 Å². The predicted octanol–water partition coefficient (Wildman–Crippen LogP) is 0.964. The number of ketones is 1. The maximum atomic E-state index is 11.7. The van der Waals surface area contributed by atoms with Gasteiger partial charge in [-0.25, -0.2) is 4.79 Å². The Morgan fingerprint density at radius 1 is 1.29 bits per heavy atom. The number of ether oxygens (including phenoxy) is 1. The van der Waals surface area contributed by atoms with Crippen molar-refractivity contribution in [2.24, 2.45) is 5.92 Å². The molecule has 0 spiro atoms. The first-order valence-electron chi connectivity index (χ1n) is 5.50. The van der Waals surface area contributed by atoms with E-state index in [4.69, 9.17) is 4.74 Å². The van der Waals surface area contributed by atoms with Gasteiger partial charge in [-0.3, -0.25) is 4.79 Å². The highest BCUT2D eigenvalue weighted by atomic mass is 16.5. The van der Waals surface area contributed by atoms with Crippen LogP contribution in [0.5, 0.6) is 5.75 Å². The topological polar surface area (TPSA) is 67.4 Å². The normalized spacial score (nSPS) is 29.5. The Morgan fingerprint density at radius 3 is 2.82 bits per heavy atom. The van der Waals surface area contributed by atoms with Crippen LogP contribution in [0.25, 0.3) is 0 Å².